The van der Waals surface area contributed by atoms with E-state index in [-0.39, 0.29) is 44.3 Å². The monoisotopic (exact) mass is 358 g/mol. The Morgan fingerprint density at radius 1 is 1.42 bits per heavy atom. The topological polar surface area (TPSA) is 70.1 Å². The summed E-state index contributed by atoms with van der Waals surface area (Å²) in [5.41, 5.74) is 0.363. The number of benzene rings is 1. The molecule has 0 unspecified atom stereocenters. The van der Waals surface area contributed by atoms with E-state index in [1.54, 1.807) is 31.1 Å². The van der Waals surface area contributed by atoms with Crippen molar-refractivity contribution < 1.29 is 44.1 Å². The Bertz CT molecular complexity index is 713. The van der Waals surface area contributed by atoms with Crippen molar-refractivity contribution >= 4 is 17.6 Å². The summed E-state index contributed by atoms with van der Waals surface area (Å²) in [4.78, 5) is 26.5. The molecule has 0 fully saturated rings. The van der Waals surface area contributed by atoms with Gasteiger partial charge < -0.3 is 21.1 Å². The van der Waals surface area contributed by atoms with Crippen molar-refractivity contribution in [2.75, 3.05) is 25.5 Å². The van der Waals surface area contributed by atoms with Gasteiger partial charge in [-0.05, 0) is 24.5 Å². The molecule has 138 valence electrons. The number of aliphatic carboxylic acids is 1. The maximum atomic E-state index is 14.4. The van der Waals surface area contributed by atoms with E-state index in [4.69, 9.17) is 4.74 Å². The molecule has 8 heteroatoms. The zero-order chi connectivity index (χ0) is 18.7. The number of amides is 1. The van der Waals surface area contributed by atoms with E-state index in [1.807, 2.05) is 13.8 Å². The molecule has 0 saturated heterocycles. The van der Waals surface area contributed by atoms with Crippen LogP contribution in [0.2, 0.25) is 0 Å². The van der Waals surface area contributed by atoms with Gasteiger partial charge in [0.1, 0.15) is 11.8 Å². The molecule has 1 aromatic rings. The smallest absolute Gasteiger partial charge is 1.00 e. The molecule has 1 N–H and O–H groups in total. The third-order valence-corrected chi connectivity index (χ3v) is 3.92. The predicted molar refractivity (Wildman–Crippen MR) is 93.1 cm³/mol. The minimum Gasteiger partial charge on any atom is -1.00 e. The van der Waals surface area contributed by atoms with Crippen LogP contribution in [0.5, 0.6) is 5.75 Å². The molecule has 0 aromatic heterocycles. The fourth-order valence-electron chi connectivity index (χ4n) is 2.71. The van der Waals surface area contributed by atoms with Crippen LogP contribution in [0.4, 0.5) is 10.1 Å². The van der Waals surface area contributed by atoms with E-state index in [1.165, 1.54) is 17.0 Å². The summed E-state index contributed by atoms with van der Waals surface area (Å²) in [5.74, 6) is -1.67. The van der Waals surface area contributed by atoms with Crippen molar-refractivity contribution in [1.82, 2.24) is 4.90 Å². The summed E-state index contributed by atoms with van der Waals surface area (Å²) in [6.45, 7) is 3.79. The third kappa shape index (κ3) is 5.02. The number of carbonyl (C=O) groups excluding carboxylic acids is 1. The second kappa shape index (κ2) is 9.11. The zero-order valence-corrected chi connectivity index (χ0v) is 15.8. The van der Waals surface area contributed by atoms with Crippen LogP contribution in [0, 0.1) is 11.7 Å². The Morgan fingerprint density at radius 2 is 2.08 bits per heavy atom. The van der Waals surface area contributed by atoms with Gasteiger partial charge in [-0.2, -0.15) is 0 Å². The van der Waals surface area contributed by atoms with Gasteiger partial charge in [-0.15, -0.1) is 0 Å². The molecular weight excluding hydrogens is 334 g/mol. The maximum absolute atomic E-state index is 14.4. The van der Waals surface area contributed by atoms with E-state index >= 15 is 0 Å². The van der Waals surface area contributed by atoms with Gasteiger partial charge in [0.2, 0.25) is 0 Å². The Kier molecular flexibility index (Phi) is 7.73. The fourth-order valence-corrected chi connectivity index (χ4v) is 2.71. The predicted octanol–water partition coefficient (Wildman–Crippen LogP) is -0.388. The molecule has 2 rings (SSSR count). The van der Waals surface area contributed by atoms with Gasteiger partial charge in [0.05, 0.1) is 12.2 Å². The Balaban J connectivity index is 0.00000338. The standard InChI is InChI=1S/C18H23FN2O4.Li.H/c1-11(2)8-14(18(23)24)21-10-12(9-16(21)22)25-15-7-5-6-13(17(15)19)20(3)4;;/h5-7,9,11,14H,8,10H2,1-4H3,(H,23,24);;/q;+1;-1/t14-;;/m0../s1. The van der Waals surface area contributed by atoms with Gasteiger partial charge in [-0.3, -0.25) is 4.79 Å². The van der Waals surface area contributed by atoms with Crippen LogP contribution in [0.1, 0.15) is 21.7 Å². The minimum absolute atomic E-state index is 0. The minimum atomic E-state index is -1.06. The molecule has 0 aliphatic carbocycles. The Morgan fingerprint density at radius 3 is 2.62 bits per heavy atom. The van der Waals surface area contributed by atoms with E-state index in [0.717, 1.165) is 0 Å². The molecule has 0 radical (unpaired) electrons. The Labute approximate surface area is 166 Å². The van der Waals surface area contributed by atoms with Crippen molar-refractivity contribution in [1.29, 1.82) is 0 Å². The number of carboxylic acid groups (broad SMARTS) is 1. The van der Waals surface area contributed by atoms with Crippen molar-refractivity contribution in [3.05, 3.63) is 35.9 Å². The van der Waals surface area contributed by atoms with Gasteiger partial charge in [-0.1, -0.05) is 19.9 Å². The second-order valence-corrected chi connectivity index (χ2v) is 6.65. The second-order valence-electron chi connectivity index (χ2n) is 6.65. The Hall–Kier alpha value is -1.97. The summed E-state index contributed by atoms with van der Waals surface area (Å²) in [6.07, 6.45) is 1.56. The van der Waals surface area contributed by atoms with Gasteiger partial charge in [0, 0.05) is 20.2 Å². The number of hydrogen-bond donors (Lipinski definition) is 1. The van der Waals surface area contributed by atoms with Crippen molar-refractivity contribution in [3.63, 3.8) is 0 Å². The largest absolute Gasteiger partial charge is 1.00 e. The van der Waals surface area contributed by atoms with Crippen LogP contribution >= 0.6 is 0 Å². The molecule has 1 aliphatic rings. The van der Waals surface area contributed by atoms with Crippen LogP contribution in [0.3, 0.4) is 0 Å². The van der Waals surface area contributed by atoms with E-state index in [0.29, 0.717) is 12.1 Å². The van der Waals surface area contributed by atoms with Crippen LogP contribution in [0.25, 0.3) is 0 Å². The van der Waals surface area contributed by atoms with E-state index in [9.17, 15) is 19.1 Å². The van der Waals surface area contributed by atoms with Gasteiger partial charge >= 0.3 is 24.8 Å². The molecule has 1 aliphatic heterocycles. The first-order chi connectivity index (χ1) is 11.7. The summed E-state index contributed by atoms with van der Waals surface area (Å²) in [7, 11) is 3.43. The summed E-state index contributed by atoms with van der Waals surface area (Å²) < 4.78 is 20.0. The van der Waals surface area contributed by atoms with E-state index in [2.05, 4.69) is 0 Å². The van der Waals surface area contributed by atoms with Crippen molar-refractivity contribution in [3.8, 4) is 5.75 Å². The molecule has 6 nitrogen and oxygen atoms in total. The van der Waals surface area contributed by atoms with Crippen molar-refractivity contribution in [2.45, 2.75) is 26.3 Å². The number of anilines is 1. The summed E-state index contributed by atoms with van der Waals surface area (Å²) in [5, 5.41) is 9.39. The van der Waals surface area contributed by atoms with Gasteiger partial charge in [0.15, 0.2) is 11.6 Å². The van der Waals surface area contributed by atoms with Crippen LogP contribution < -0.4 is 28.5 Å². The van der Waals surface area contributed by atoms with Gasteiger partial charge in [0.25, 0.3) is 5.91 Å². The summed E-state index contributed by atoms with van der Waals surface area (Å²) >= 11 is 0. The molecule has 1 amide bonds. The number of rotatable bonds is 7. The summed E-state index contributed by atoms with van der Waals surface area (Å²) in [6, 6.07) is 3.81. The van der Waals surface area contributed by atoms with Crippen molar-refractivity contribution in [2.24, 2.45) is 5.92 Å². The first-order valence-electron chi connectivity index (χ1n) is 8.08. The van der Waals surface area contributed by atoms with Crippen LogP contribution in [-0.4, -0.2) is 48.6 Å². The van der Waals surface area contributed by atoms with Crippen LogP contribution in [0.15, 0.2) is 30.0 Å². The SMILES string of the molecule is CC(C)C[C@@H](C(=O)O)N1CC(Oc2cccc(N(C)C)c2F)=CC1=O.[H-].[Li+]. The number of carbonyl (C=O) groups is 2. The molecule has 1 heterocycles. The normalized spacial score (nSPS) is 14.8. The van der Waals surface area contributed by atoms with E-state index < -0.39 is 23.7 Å². The fraction of sp³-hybridized carbons (Fsp3) is 0.444. The molecular formula is C18H24FLiN2O4. The molecule has 0 saturated carbocycles. The third-order valence-electron chi connectivity index (χ3n) is 3.92. The molecule has 0 spiro atoms. The number of nitrogens with zero attached hydrogens (tertiary/aromatic N) is 2. The number of carboxylic acids is 1. The first-order valence-corrected chi connectivity index (χ1v) is 8.08. The first kappa shape index (κ1) is 22.1. The molecule has 1 atom stereocenters. The molecule has 1 aromatic carbocycles. The number of hydrogen-bond acceptors (Lipinski definition) is 4. The quantitative estimate of drug-likeness (QED) is 0.673. The van der Waals surface area contributed by atoms with Crippen LogP contribution in [-0.2, 0) is 9.59 Å². The molecule has 0 bridgehead atoms. The maximum Gasteiger partial charge on any atom is 1.00 e. The zero-order valence-electron chi connectivity index (χ0n) is 16.8. The number of halogens is 1. The average Bonchev–Trinajstić information content (AvgIpc) is 2.86. The average molecular weight is 358 g/mol. The number of ether oxygens (including phenoxy) is 1. The van der Waals surface area contributed by atoms with Gasteiger partial charge in [-0.25, -0.2) is 9.18 Å². The molecule has 26 heavy (non-hydrogen) atoms.